The van der Waals surface area contributed by atoms with Crippen LogP contribution >= 0.6 is 0 Å². The van der Waals surface area contributed by atoms with Crippen LogP contribution in [0.15, 0.2) is 24.3 Å². The standard InChI is InChI=1S/C13H20N2O/c1-10(2)13(16)15-12-7-5-11(6-8-12)4-3-9-14/h5-8,10H,3-4,9,14H2,1-2H3,(H,15,16). The van der Waals surface area contributed by atoms with Gasteiger partial charge in [-0.05, 0) is 37.1 Å². The number of anilines is 1. The molecule has 3 N–H and O–H groups in total. The highest BCUT2D eigenvalue weighted by Gasteiger charge is 2.06. The van der Waals surface area contributed by atoms with Crippen molar-refractivity contribution in [3.8, 4) is 0 Å². The zero-order valence-corrected chi connectivity index (χ0v) is 9.99. The van der Waals surface area contributed by atoms with Gasteiger partial charge in [-0.2, -0.15) is 0 Å². The van der Waals surface area contributed by atoms with Crippen molar-refractivity contribution in [3.05, 3.63) is 29.8 Å². The van der Waals surface area contributed by atoms with Gasteiger partial charge in [0.2, 0.25) is 5.91 Å². The van der Waals surface area contributed by atoms with Crippen molar-refractivity contribution in [2.24, 2.45) is 11.7 Å². The summed E-state index contributed by atoms with van der Waals surface area (Å²) in [6.45, 7) is 4.47. The lowest BCUT2D eigenvalue weighted by Gasteiger charge is -2.08. The molecule has 1 amide bonds. The van der Waals surface area contributed by atoms with Crippen molar-refractivity contribution < 1.29 is 4.79 Å². The van der Waals surface area contributed by atoms with E-state index in [2.05, 4.69) is 5.32 Å². The van der Waals surface area contributed by atoms with Crippen LogP contribution in [0, 0.1) is 5.92 Å². The monoisotopic (exact) mass is 220 g/mol. The van der Waals surface area contributed by atoms with Gasteiger partial charge in [-0.15, -0.1) is 0 Å². The van der Waals surface area contributed by atoms with Crippen molar-refractivity contribution in [2.75, 3.05) is 11.9 Å². The molecule has 16 heavy (non-hydrogen) atoms. The number of aryl methyl sites for hydroxylation is 1. The van der Waals surface area contributed by atoms with Crippen molar-refractivity contribution in [1.29, 1.82) is 0 Å². The number of nitrogens with two attached hydrogens (primary N) is 1. The number of nitrogens with one attached hydrogen (secondary N) is 1. The second kappa shape index (κ2) is 6.28. The Morgan fingerprint density at radius 1 is 1.31 bits per heavy atom. The molecule has 0 saturated heterocycles. The topological polar surface area (TPSA) is 55.1 Å². The molecular weight excluding hydrogens is 200 g/mol. The van der Waals surface area contributed by atoms with Crippen LogP contribution in [-0.4, -0.2) is 12.5 Å². The zero-order valence-electron chi connectivity index (χ0n) is 9.99. The molecule has 0 aromatic heterocycles. The number of carbonyl (C=O) groups is 1. The maximum Gasteiger partial charge on any atom is 0.226 e. The largest absolute Gasteiger partial charge is 0.330 e. The van der Waals surface area contributed by atoms with Crippen LogP contribution in [0.4, 0.5) is 5.69 Å². The lowest BCUT2D eigenvalue weighted by atomic mass is 10.1. The van der Waals surface area contributed by atoms with Gasteiger partial charge in [0.1, 0.15) is 0 Å². The Morgan fingerprint density at radius 3 is 2.44 bits per heavy atom. The predicted molar refractivity (Wildman–Crippen MR) is 67.3 cm³/mol. The van der Waals surface area contributed by atoms with Gasteiger partial charge < -0.3 is 11.1 Å². The third-order valence-electron chi connectivity index (χ3n) is 2.42. The third kappa shape index (κ3) is 4.03. The lowest BCUT2D eigenvalue weighted by molar-refractivity contribution is -0.118. The predicted octanol–water partition coefficient (Wildman–Crippen LogP) is 2.17. The Morgan fingerprint density at radius 2 is 1.94 bits per heavy atom. The van der Waals surface area contributed by atoms with E-state index in [0.717, 1.165) is 18.5 Å². The normalized spacial score (nSPS) is 10.5. The Hall–Kier alpha value is -1.35. The smallest absolute Gasteiger partial charge is 0.226 e. The molecule has 0 bridgehead atoms. The Bertz CT molecular complexity index is 330. The minimum atomic E-state index is 0.0110. The van der Waals surface area contributed by atoms with Crippen LogP contribution in [0.5, 0.6) is 0 Å². The van der Waals surface area contributed by atoms with Crippen molar-refractivity contribution in [3.63, 3.8) is 0 Å². The molecule has 1 rings (SSSR count). The average Bonchev–Trinajstić information content (AvgIpc) is 2.28. The summed E-state index contributed by atoms with van der Waals surface area (Å²) in [7, 11) is 0. The van der Waals surface area contributed by atoms with E-state index in [1.165, 1.54) is 5.56 Å². The van der Waals surface area contributed by atoms with Gasteiger partial charge in [0.15, 0.2) is 0 Å². The van der Waals surface area contributed by atoms with Gasteiger partial charge in [0.05, 0.1) is 0 Å². The zero-order chi connectivity index (χ0) is 12.0. The van der Waals surface area contributed by atoms with E-state index >= 15 is 0 Å². The van der Waals surface area contributed by atoms with Crippen LogP contribution in [0.3, 0.4) is 0 Å². The summed E-state index contributed by atoms with van der Waals surface area (Å²) in [4.78, 5) is 11.4. The molecule has 0 saturated carbocycles. The maximum atomic E-state index is 11.4. The van der Waals surface area contributed by atoms with E-state index in [-0.39, 0.29) is 11.8 Å². The highest BCUT2D eigenvalue weighted by molar-refractivity contribution is 5.91. The summed E-state index contributed by atoms with van der Waals surface area (Å²) in [5, 5.41) is 2.86. The summed E-state index contributed by atoms with van der Waals surface area (Å²) < 4.78 is 0. The summed E-state index contributed by atoms with van der Waals surface area (Å²) in [5.41, 5.74) is 7.56. The maximum absolute atomic E-state index is 11.4. The van der Waals surface area contributed by atoms with Crippen molar-refractivity contribution >= 4 is 11.6 Å². The second-order valence-electron chi connectivity index (χ2n) is 4.23. The van der Waals surface area contributed by atoms with Gasteiger partial charge >= 0.3 is 0 Å². The Kier molecular flexibility index (Phi) is 4.99. The van der Waals surface area contributed by atoms with Crippen LogP contribution in [0.2, 0.25) is 0 Å². The molecule has 3 heteroatoms. The van der Waals surface area contributed by atoms with Crippen LogP contribution in [0.1, 0.15) is 25.8 Å². The minimum absolute atomic E-state index is 0.0110. The minimum Gasteiger partial charge on any atom is -0.330 e. The molecule has 0 unspecified atom stereocenters. The number of rotatable bonds is 5. The van der Waals surface area contributed by atoms with E-state index in [4.69, 9.17) is 5.73 Å². The molecule has 0 aliphatic carbocycles. The van der Waals surface area contributed by atoms with Crippen LogP contribution in [0.25, 0.3) is 0 Å². The van der Waals surface area contributed by atoms with E-state index in [9.17, 15) is 4.79 Å². The summed E-state index contributed by atoms with van der Waals surface area (Å²) in [5.74, 6) is 0.0617. The van der Waals surface area contributed by atoms with E-state index in [1.54, 1.807) is 0 Å². The summed E-state index contributed by atoms with van der Waals surface area (Å²) >= 11 is 0. The number of hydrogen-bond acceptors (Lipinski definition) is 2. The second-order valence-corrected chi connectivity index (χ2v) is 4.23. The molecule has 0 aliphatic heterocycles. The highest BCUT2D eigenvalue weighted by atomic mass is 16.1. The third-order valence-corrected chi connectivity index (χ3v) is 2.42. The number of amides is 1. The molecule has 1 aromatic rings. The summed E-state index contributed by atoms with van der Waals surface area (Å²) in [6.07, 6.45) is 1.99. The molecule has 0 spiro atoms. The van der Waals surface area contributed by atoms with Crippen molar-refractivity contribution in [1.82, 2.24) is 0 Å². The van der Waals surface area contributed by atoms with E-state index in [1.807, 2.05) is 38.1 Å². The molecule has 0 aliphatic rings. The van der Waals surface area contributed by atoms with Crippen LogP contribution in [-0.2, 0) is 11.2 Å². The number of benzene rings is 1. The van der Waals surface area contributed by atoms with Gasteiger partial charge in [-0.25, -0.2) is 0 Å². The SMILES string of the molecule is CC(C)C(=O)Nc1ccc(CCCN)cc1. The molecule has 3 nitrogen and oxygen atoms in total. The molecule has 88 valence electrons. The fourth-order valence-electron chi connectivity index (χ4n) is 1.35. The first-order valence-corrected chi connectivity index (χ1v) is 5.73. The number of carbonyl (C=O) groups excluding carboxylic acids is 1. The quantitative estimate of drug-likeness (QED) is 0.799. The molecule has 0 heterocycles. The van der Waals surface area contributed by atoms with Gasteiger partial charge in [-0.3, -0.25) is 4.79 Å². The fraction of sp³-hybridized carbons (Fsp3) is 0.462. The lowest BCUT2D eigenvalue weighted by Crippen LogP contribution is -2.17. The molecule has 0 radical (unpaired) electrons. The average molecular weight is 220 g/mol. The Balaban J connectivity index is 2.54. The van der Waals surface area contributed by atoms with Gasteiger partial charge in [-0.1, -0.05) is 26.0 Å². The fourth-order valence-corrected chi connectivity index (χ4v) is 1.35. The first-order valence-electron chi connectivity index (χ1n) is 5.73. The molecule has 0 atom stereocenters. The van der Waals surface area contributed by atoms with E-state index in [0.29, 0.717) is 6.54 Å². The molecule has 1 aromatic carbocycles. The van der Waals surface area contributed by atoms with E-state index < -0.39 is 0 Å². The molecular formula is C13H20N2O. The van der Waals surface area contributed by atoms with Gasteiger partial charge in [0.25, 0.3) is 0 Å². The highest BCUT2D eigenvalue weighted by Crippen LogP contribution is 2.11. The first-order chi connectivity index (χ1) is 7.63. The first kappa shape index (κ1) is 12.7. The summed E-state index contributed by atoms with van der Waals surface area (Å²) in [6, 6.07) is 7.94. The molecule has 0 fully saturated rings. The van der Waals surface area contributed by atoms with Gasteiger partial charge in [0, 0.05) is 11.6 Å². The number of hydrogen-bond donors (Lipinski definition) is 2. The van der Waals surface area contributed by atoms with Crippen molar-refractivity contribution in [2.45, 2.75) is 26.7 Å². The Labute approximate surface area is 97.0 Å². The van der Waals surface area contributed by atoms with Crippen LogP contribution < -0.4 is 11.1 Å².